The molecule has 3 aliphatic heterocycles. The number of nitrogens with zero attached hydrogens (tertiary/aromatic N) is 3. The monoisotopic (exact) mass is 525 g/mol. The van der Waals surface area contributed by atoms with Crippen LogP contribution in [0.4, 0.5) is 0 Å². The van der Waals surface area contributed by atoms with Gasteiger partial charge < -0.3 is 19.3 Å². The van der Waals surface area contributed by atoms with E-state index in [1.807, 2.05) is 67.2 Å². The second-order valence-electron chi connectivity index (χ2n) is 9.79. The van der Waals surface area contributed by atoms with Crippen molar-refractivity contribution in [2.45, 2.75) is 66.0 Å². The molecule has 0 saturated carbocycles. The fraction of sp³-hybridized carbons (Fsp3) is 0.500. The standard InChI is InChI=1S/C28H35N3O5S/c1-6-35-26(33)20-11-13-30(14-12-20)23(32)15-21-16-37-28-29-19(5)24(27(34)36-17(2)3)25(31(21)28)22-10-8-7-9-18(22)4/h7-10,16-17,20,25H,6,11-15H2,1-5H3/t25-/m0/s1. The summed E-state index contributed by atoms with van der Waals surface area (Å²) in [6, 6.07) is 7.52. The first-order valence-electron chi connectivity index (χ1n) is 12.9. The molecule has 0 aliphatic carbocycles. The van der Waals surface area contributed by atoms with E-state index in [4.69, 9.17) is 14.5 Å². The molecule has 1 atom stereocenters. The number of piperidine rings is 1. The third kappa shape index (κ3) is 5.76. The Morgan fingerprint density at radius 1 is 1.14 bits per heavy atom. The van der Waals surface area contributed by atoms with Gasteiger partial charge in [0.15, 0.2) is 5.17 Å². The van der Waals surface area contributed by atoms with Gasteiger partial charge in [-0.2, -0.15) is 0 Å². The molecule has 1 amide bonds. The largest absolute Gasteiger partial charge is 0.466 e. The molecule has 0 spiro atoms. The molecule has 1 saturated heterocycles. The van der Waals surface area contributed by atoms with Crippen LogP contribution in [-0.4, -0.2) is 58.6 Å². The zero-order valence-corrected chi connectivity index (χ0v) is 23.0. The molecule has 37 heavy (non-hydrogen) atoms. The number of likely N-dealkylation sites (tertiary alicyclic amines) is 1. The molecule has 0 radical (unpaired) electrons. The van der Waals surface area contributed by atoms with Crippen molar-refractivity contribution in [3.63, 3.8) is 0 Å². The van der Waals surface area contributed by atoms with E-state index >= 15 is 0 Å². The van der Waals surface area contributed by atoms with E-state index in [0.717, 1.165) is 22.0 Å². The first kappa shape index (κ1) is 27.0. The highest BCUT2D eigenvalue weighted by Gasteiger charge is 2.42. The molecule has 1 aromatic carbocycles. The molecule has 198 valence electrons. The Hall–Kier alpha value is -3.07. The van der Waals surface area contributed by atoms with Crippen LogP contribution >= 0.6 is 11.8 Å². The second-order valence-corrected chi connectivity index (χ2v) is 10.6. The Labute approximate surface area is 222 Å². The third-order valence-corrected chi connectivity index (χ3v) is 7.74. The van der Waals surface area contributed by atoms with E-state index in [1.54, 1.807) is 6.92 Å². The lowest BCUT2D eigenvalue weighted by molar-refractivity contribution is -0.151. The molecule has 3 aliphatic rings. The van der Waals surface area contributed by atoms with Gasteiger partial charge in [0.2, 0.25) is 5.91 Å². The van der Waals surface area contributed by atoms with Gasteiger partial charge in [-0.3, -0.25) is 9.59 Å². The Kier molecular flexibility index (Phi) is 8.42. The van der Waals surface area contributed by atoms with Crippen molar-refractivity contribution in [2.24, 2.45) is 10.9 Å². The minimum atomic E-state index is -0.441. The summed E-state index contributed by atoms with van der Waals surface area (Å²) in [6.07, 6.45) is 1.13. The van der Waals surface area contributed by atoms with Gasteiger partial charge in [-0.05, 0) is 64.0 Å². The van der Waals surface area contributed by atoms with Crippen molar-refractivity contribution in [3.05, 3.63) is 57.8 Å². The van der Waals surface area contributed by atoms with E-state index in [2.05, 4.69) is 0 Å². The van der Waals surface area contributed by atoms with Gasteiger partial charge in [0.25, 0.3) is 0 Å². The fourth-order valence-corrected chi connectivity index (χ4v) is 5.95. The van der Waals surface area contributed by atoms with Gasteiger partial charge in [-0.25, -0.2) is 9.79 Å². The summed E-state index contributed by atoms with van der Waals surface area (Å²) in [7, 11) is 0. The number of rotatable bonds is 7. The maximum atomic E-state index is 13.4. The van der Waals surface area contributed by atoms with Crippen LogP contribution in [0.1, 0.15) is 64.1 Å². The van der Waals surface area contributed by atoms with Gasteiger partial charge in [0.1, 0.15) is 0 Å². The van der Waals surface area contributed by atoms with Crippen molar-refractivity contribution in [1.82, 2.24) is 9.80 Å². The van der Waals surface area contributed by atoms with Gasteiger partial charge in [-0.15, -0.1) is 0 Å². The Bertz CT molecular complexity index is 1160. The molecule has 1 aromatic rings. The molecule has 8 nitrogen and oxygen atoms in total. The number of aliphatic imine (C=N–C) groups is 1. The normalized spacial score (nSPS) is 20.0. The summed E-state index contributed by atoms with van der Waals surface area (Å²) in [4.78, 5) is 47.3. The summed E-state index contributed by atoms with van der Waals surface area (Å²) in [5, 5.41) is 2.70. The van der Waals surface area contributed by atoms with Crippen LogP contribution in [0, 0.1) is 12.8 Å². The zero-order valence-electron chi connectivity index (χ0n) is 22.2. The van der Waals surface area contributed by atoms with Gasteiger partial charge >= 0.3 is 11.9 Å². The number of aryl methyl sites for hydroxylation is 1. The topological polar surface area (TPSA) is 88.5 Å². The maximum absolute atomic E-state index is 13.4. The highest BCUT2D eigenvalue weighted by molar-refractivity contribution is 8.16. The number of allylic oxidation sites excluding steroid dienone is 1. The first-order chi connectivity index (χ1) is 17.7. The number of fused-ring (bicyclic) bond motifs is 1. The highest BCUT2D eigenvalue weighted by atomic mass is 32.2. The fourth-order valence-electron chi connectivity index (χ4n) is 4.99. The first-order valence-corrected chi connectivity index (χ1v) is 13.7. The predicted octanol–water partition coefficient (Wildman–Crippen LogP) is 4.71. The van der Waals surface area contributed by atoms with E-state index in [-0.39, 0.29) is 30.3 Å². The molecule has 0 unspecified atom stereocenters. The van der Waals surface area contributed by atoms with Crippen LogP contribution in [0.15, 0.2) is 51.6 Å². The maximum Gasteiger partial charge on any atom is 0.338 e. The lowest BCUT2D eigenvalue weighted by atomic mass is 9.91. The summed E-state index contributed by atoms with van der Waals surface area (Å²) in [6.45, 7) is 10.7. The molecular formula is C28H35N3O5S. The number of amidine groups is 1. The number of hydrogen-bond donors (Lipinski definition) is 0. The van der Waals surface area contributed by atoms with Crippen molar-refractivity contribution in [3.8, 4) is 0 Å². The van der Waals surface area contributed by atoms with Crippen molar-refractivity contribution in [2.75, 3.05) is 19.7 Å². The molecular weight excluding hydrogens is 490 g/mol. The average molecular weight is 526 g/mol. The van der Waals surface area contributed by atoms with Crippen LogP contribution in [0.3, 0.4) is 0 Å². The minimum Gasteiger partial charge on any atom is -0.466 e. The minimum absolute atomic E-state index is 0.00322. The van der Waals surface area contributed by atoms with Crippen LogP contribution in [0.25, 0.3) is 0 Å². The summed E-state index contributed by atoms with van der Waals surface area (Å²) >= 11 is 1.46. The molecule has 9 heteroatoms. The molecule has 3 heterocycles. The molecule has 0 aromatic heterocycles. The summed E-state index contributed by atoms with van der Waals surface area (Å²) < 4.78 is 10.8. The van der Waals surface area contributed by atoms with Crippen molar-refractivity contribution in [1.29, 1.82) is 0 Å². The van der Waals surface area contributed by atoms with E-state index in [0.29, 0.717) is 43.8 Å². The summed E-state index contributed by atoms with van der Waals surface area (Å²) in [5.74, 6) is -0.731. The van der Waals surface area contributed by atoms with Crippen LogP contribution < -0.4 is 0 Å². The average Bonchev–Trinajstić information content (AvgIpc) is 3.25. The Morgan fingerprint density at radius 2 is 1.84 bits per heavy atom. The molecule has 0 N–H and O–H groups in total. The highest BCUT2D eigenvalue weighted by Crippen LogP contribution is 2.45. The smallest absolute Gasteiger partial charge is 0.338 e. The number of esters is 2. The molecule has 0 bridgehead atoms. The molecule has 4 rings (SSSR count). The lowest BCUT2D eigenvalue weighted by Crippen LogP contribution is -2.42. The Morgan fingerprint density at radius 3 is 2.49 bits per heavy atom. The van der Waals surface area contributed by atoms with Gasteiger partial charge in [0.05, 0.1) is 42.4 Å². The van der Waals surface area contributed by atoms with Crippen LogP contribution in [0.2, 0.25) is 0 Å². The SMILES string of the molecule is CCOC(=O)C1CCN(C(=O)CC2=CSC3=NC(C)=C(C(=O)OC(C)C)[C@H](c4ccccc4C)N23)CC1. The van der Waals surface area contributed by atoms with Crippen LogP contribution in [-0.2, 0) is 23.9 Å². The van der Waals surface area contributed by atoms with Crippen LogP contribution in [0.5, 0.6) is 0 Å². The number of thioether (sulfide) groups is 1. The lowest BCUT2D eigenvalue weighted by Gasteiger charge is -2.38. The van der Waals surface area contributed by atoms with Crippen molar-refractivity contribution < 1.29 is 23.9 Å². The van der Waals surface area contributed by atoms with Crippen molar-refractivity contribution >= 4 is 34.8 Å². The predicted molar refractivity (Wildman–Crippen MR) is 143 cm³/mol. The second kappa shape index (κ2) is 11.5. The number of carbonyl (C=O) groups excluding carboxylic acids is 3. The number of carbonyl (C=O) groups is 3. The third-order valence-electron chi connectivity index (χ3n) is 6.85. The molecule has 1 fully saturated rings. The quantitative estimate of drug-likeness (QED) is 0.476. The number of ether oxygens (including phenoxy) is 2. The van der Waals surface area contributed by atoms with E-state index < -0.39 is 12.0 Å². The van der Waals surface area contributed by atoms with Gasteiger partial charge in [-0.1, -0.05) is 36.0 Å². The van der Waals surface area contributed by atoms with Gasteiger partial charge in [0, 0.05) is 18.8 Å². The number of amides is 1. The zero-order chi connectivity index (χ0) is 26.7. The number of benzene rings is 1. The summed E-state index contributed by atoms with van der Waals surface area (Å²) in [5.41, 5.74) is 3.93. The Balaban J connectivity index is 1.57. The number of hydrogen-bond acceptors (Lipinski definition) is 8. The van der Waals surface area contributed by atoms with E-state index in [1.165, 1.54) is 11.8 Å². The van der Waals surface area contributed by atoms with E-state index in [9.17, 15) is 14.4 Å².